The largest absolute Gasteiger partial charge is 0.490 e. The van der Waals surface area contributed by atoms with Gasteiger partial charge >= 0.3 is 0 Å². The first-order chi connectivity index (χ1) is 10.2. The van der Waals surface area contributed by atoms with Gasteiger partial charge in [0.1, 0.15) is 11.5 Å². The van der Waals surface area contributed by atoms with Gasteiger partial charge in [0.05, 0.1) is 6.61 Å². The second-order valence-electron chi connectivity index (χ2n) is 4.94. The molecule has 0 saturated heterocycles. The summed E-state index contributed by atoms with van der Waals surface area (Å²) in [6, 6.07) is 11.3. The van der Waals surface area contributed by atoms with Crippen LogP contribution >= 0.6 is 0 Å². The molecule has 2 unspecified atom stereocenters. The molecule has 0 fully saturated rings. The predicted octanol–water partition coefficient (Wildman–Crippen LogP) is 3.84. The van der Waals surface area contributed by atoms with E-state index in [1.165, 1.54) is 0 Å². The summed E-state index contributed by atoms with van der Waals surface area (Å²) in [4.78, 5) is 0. The van der Waals surface area contributed by atoms with E-state index >= 15 is 0 Å². The zero-order valence-corrected chi connectivity index (χ0v) is 12.8. The lowest BCUT2D eigenvalue weighted by Crippen LogP contribution is -2.31. The average molecular weight is 289 g/mol. The van der Waals surface area contributed by atoms with Crippen molar-refractivity contribution in [2.75, 3.05) is 6.61 Å². The Morgan fingerprint density at radius 2 is 1.81 bits per heavy atom. The van der Waals surface area contributed by atoms with Crippen molar-refractivity contribution < 1.29 is 13.9 Å². The summed E-state index contributed by atoms with van der Waals surface area (Å²) in [6.45, 7) is 6.48. The van der Waals surface area contributed by atoms with Gasteiger partial charge in [-0.1, -0.05) is 19.1 Å². The number of hydrogen-bond donors (Lipinski definition) is 1. The lowest BCUT2D eigenvalue weighted by Gasteiger charge is -2.23. The number of nitrogens with two attached hydrogens (primary N) is 1. The monoisotopic (exact) mass is 289 g/mol. The molecule has 4 nitrogen and oxygen atoms in total. The fourth-order valence-corrected chi connectivity index (χ4v) is 2.14. The summed E-state index contributed by atoms with van der Waals surface area (Å²) in [5.74, 6) is 2.99. The van der Waals surface area contributed by atoms with E-state index in [2.05, 4.69) is 0 Å². The zero-order chi connectivity index (χ0) is 15.2. The third kappa shape index (κ3) is 3.79. The normalized spacial score (nSPS) is 13.7. The smallest absolute Gasteiger partial charge is 0.171 e. The molecule has 0 amide bonds. The van der Waals surface area contributed by atoms with E-state index in [0.717, 1.165) is 23.7 Å². The average Bonchev–Trinajstić information content (AvgIpc) is 2.92. The highest BCUT2D eigenvalue weighted by Gasteiger charge is 2.25. The van der Waals surface area contributed by atoms with Gasteiger partial charge in [-0.15, -0.1) is 0 Å². The Labute approximate surface area is 125 Å². The molecule has 1 aromatic carbocycles. The van der Waals surface area contributed by atoms with E-state index in [-0.39, 0.29) is 12.1 Å². The van der Waals surface area contributed by atoms with Crippen molar-refractivity contribution in [2.45, 2.75) is 39.3 Å². The van der Waals surface area contributed by atoms with Crippen molar-refractivity contribution in [3.8, 4) is 11.5 Å². The Hall–Kier alpha value is -1.94. The summed E-state index contributed by atoms with van der Waals surface area (Å²) in [7, 11) is 0. The van der Waals surface area contributed by atoms with E-state index in [0.29, 0.717) is 12.4 Å². The Morgan fingerprint density at radius 3 is 2.38 bits per heavy atom. The minimum atomic E-state index is -0.328. The van der Waals surface area contributed by atoms with Crippen LogP contribution in [0.5, 0.6) is 11.5 Å². The number of rotatable bonds is 7. The van der Waals surface area contributed by atoms with Crippen LogP contribution in [-0.4, -0.2) is 12.6 Å². The Balaban J connectivity index is 2.27. The van der Waals surface area contributed by atoms with E-state index < -0.39 is 0 Å². The molecule has 2 aromatic rings. The van der Waals surface area contributed by atoms with Crippen molar-refractivity contribution in [1.29, 1.82) is 0 Å². The van der Waals surface area contributed by atoms with E-state index in [1.54, 1.807) is 0 Å². The Kier molecular flexibility index (Phi) is 5.28. The van der Waals surface area contributed by atoms with Crippen LogP contribution in [0, 0.1) is 6.92 Å². The molecule has 1 aromatic heterocycles. The van der Waals surface area contributed by atoms with E-state index in [4.69, 9.17) is 19.6 Å². The molecule has 21 heavy (non-hydrogen) atoms. The summed E-state index contributed by atoms with van der Waals surface area (Å²) in [5.41, 5.74) is 6.20. The van der Waals surface area contributed by atoms with Crippen LogP contribution in [0.4, 0.5) is 0 Å². The number of ether oxygens (including phenoxy) is 2. The molecule has 0 aliphatic heterocycles. The van der Waals surface area contributed by atoms with Crippen LogP contribution in [0.25, 0.3) is 0 Å². The third-order valence-corrected chi connectivity index (χ3v) is 3.30. The Morgan fingerprint density at radius 1 is 1.10 bits per heavy atom. The quantitative estimate of drug-likeness (QED) is 0.841. The number of furan rings is 1. The van der Waals surface area contributed by atoms with Crippen molar-refractivity contribution in [3.63, 3.8) is 0 Å². The van der Waals surface area contributed by atoms with Crippen LogP contribution in [0.3, 0.4) is 0 Å². The first kappa shape index (κ1) is 15.4. The van der Waals surface area contributed by atoms with Crippen LogP contribution in [0.1, 0.15) is 37.9 Å². The number of aryl methyl sites for hydroxylation is 1. The van der Waals surface area contributed by atoms with Gasteiger partial charge < -0.3 is 19.6 Å². The molecule has 1 heterocycles. The fraction of sp³-hybridized carbons (Fsp3) is 0.412. The summed E-state index contributed by atoms with van der Waals surface area (Å²) in [6.07, 6.45) is 0.464. The minimum Gasteiger partial charge on any atom is -0.490 e. The highest BCUT2D eigenvalue weighted by Crippen LogP contribution is 2.33. The molecule has 0 saturated carbocycles. The maximum absolute atomic E-state index is 6.20. The molecule has 0 aliphatic rings. The highest BCUT2D eigenvalue weighted by atomic mass is 16.5. The molecular formula is C17H23NO3. The zero-order valence-electron chi connectivity index (χ0n) is 12.8. The lowest BCUT2D eigenvalue weighted by molar-refractivity contribution is 0.137. The standard InChI is InChI=1S/C17H23NO3/c1-4-13(18)17(16-11-10-12(3)20-16)21-15-9-7-6-8-14(15)19-5-2/h6-11,13,17H,4-5,18H2,1-3H3. The van der Waals surface area contributed by atoms with Gasteiger partial charge in [0, 0.05) is 6.04 Å². The first-order valence-electron chi connectivity index (χ1n) is 7.36. The van der Waals surface area contributed by atoms with Crippen LogP contribution < -0.4 is 15.2 Å². The van der Waals surface area contributed by atoms with E-state index in [9.17, 15) is 0 Å². The van der Waals surface area contributed by atoms with Gasteiger partial charge in [0.25, 0.3) is 0 Å². The van der Waals surface area contributed by atoms with Crippen molar-refractivity contribution >= 4 is 0 Å². The highest BCUT2D eigenvalue weighted by molar-refractivity contribution is 5.40. The maximum Gasteiger partial charge on any atom is 0.171 e. The summed E-state index contributed by atoms with van der Waals surface area (Å²) >= 11 is 0. The minimum absolute atomic E-state index is 0.148. The number of para-hydroxylation sites is 2. The van der Waals surface area contributed by atoms with Crippen LogP contribution in [0.15, 0.2) is 40.8 Å². The van der Waals surface area contributed by atoms with Gasteiger partial charge in [-0.3, -0.25) is 0 Å². The second kappa shape index (κ2) is 7.18. The molecule has 2 N–H and O–H groups in total. The number of hydrogen-bond acceptors (Lipinski definition) is 4. The Bertz CT molecular complexity index is 565. The van der Waals surface area contributed by atoms with E-state index in [1.807, 2.05) is 57.2 Å². The van der Waals surface area contributed by atoms with Gasteiger partial charge in [0.2, 0.25) is 0 Å². The van der Waals surface area contributed by atoms with Gasteiger partial charge in [-0.25, -0.2) is 0 Å². The number of benzene rings is 1. The van der Waals surface area contributed by atoms with Crippen molar-refractivity contribution in [1.82, 2.24) is 0 Å². The summed E-state index contributed by atoms with van der Waals surface area (Å²) in [5, 5.41) is 0. The molecule has 0 spiro atoms. The van der Waals surface area contributed by atoms with Crippen LogP contribution in [-0.2, 0) is 0 Å². The maximum atomic E-state index is 6.20. The molecule has 114 valence electrons. The van der Waals surface area contributed by atoms with Gasteiger partial charge in [0.15, 0.2) is 17.6 Å². The molecule has 2 rings (SSSR count). The second-order valence-corrected chi connectivity index (χ2v) is 4.94. The van der Waals surface area contributed by atoms with Crippen LogP contribution in [0.2, 0.25) is 0 Å². The molecule has 4 heteroatoms. The van der Waals surface area contributed by atoms with Crippen molar-refractivity contribution in [2.24, 2.45) is 5.73 Å². The van der Waals surface area contributed by atoms with Gasteiger partial charge in [-0.2, -0.15) is 0 Å². The fourth-order valence-electron chi connectivity index (χ4n) is 2.14. The third-order valence-electron chi connectivity index (χ3n) is 3.30. The molecule has 0 bridgehead atoms. The molecule has 2 atom stereocenters. The predicted molar refractivity (Wildman–Crippen MR) is 82.7 cm³/mol. The lowest BCUT2D eigenvalue weighted by atomic mass is 10.1. The topological polar surface area (TPSA) is 57.6 Å². The molecular weight excluding hydrogens is 266 g/mol. The SMILES string of the molecule is CCOc1ccccc1OC(c1ccc(C)o1)C(N)CC. The molecule has 0 radical (unpaired) electrons. The van der Waals surface area contributed by atoms with Crippen molar-refractivity contribution in [3.05, 3.63) is 47.9 Å². The summed E-state index contributed by atoms with van der Waals surface area (Å²) < 4.78 is 17.4. The first-order valence-corrected chi connectivity index (χ1v) is 7.36. The molecule has 0 aliphatic carbocycles. The van der Waals surface area contributed by atoms with Gasteiger partial charge in [-0.05, 0) is 44.5 Å².